The Morgan fingerprint density at radius 1 is 1.26 bits per heavy atom. The Kier molecular flexibility index (Phi) is 6.03. The number of terminal acetylenes is 1. The summed E-state index contributed by atoms with van der Waals surface area (Å²) in [5.41, 5.74) is 7.23. The summed E-state index contributed by atoms with van der Waals surface area (Å²) in [4.78, 5) is 0. The SMILES string of the molecule is C#CCN(CCC)S(=O)(=O)Cc1ccc(CN)cc1. The van der Waals surface area contributed by atoms with Gasteiger partial charge in [0.05, 0.1) is 12.3 Å². The minimum atomic E-state index is -3.36. The molecule has 0 radical (unpaired) electrons. The van der Waals surface area contributed by atoms with E-state index in [1.54, 1.807) is 12.1 Å². The van der Waals surface area contributed by atoms with Crippen LogP contribution in [-0.2, 0) is 22.3 Å². The van der Waals surface area contributed by atoms with E-state index in [4.69, 9.17) is 12.2 Å². The third kappa shape index (κ3) is 4.67. The zero-order valence-electron chi connectivity index (χ0n) is 11.2. The second-order valence-corrected chi connectivity index (χ2v) is 6.28. The molecule has 0 spiro atoms. The highest BCUT2D eigenvalue weighted by Gasteiger charge is 2.20. The van der Waals surface area contributed by atoms with Crippen molar-refractivity contribution in [3.8, 4) is 12.3 Å². The van der Waals surface area contributed by atoms with Crippen LogP contribution in [0.1, 0.15) is 24.5 Å². The first kappa shape index (κ1) is 15.7. The maximum absolute atomic E-state index is 12.2. The van der Waals surface area contributed by atoms with Gasteiger partial charge in [0.1, 0.15) is 0 Å². The number of nitrogens with zero attached hydrogens (tertiary/aromatic N) is 1. The molecule has 0 heterocycles. The molecule has 104 valence electrons. The molecular formula is C14H20N2O2S. The van der Waals surface area contributed by atoms with Gasteiger partial charge in [-0.15, -0.1) is 6.42 Å². The van der Waals surface area contributed by atoms with E-state index in [1.807, 2.05) is 19.1 Å². The maximum atomic E-state index is 12.2. The summed E-state index contributed by atoms with van der Waals surface area (Å²) >= 11 is 0. The fraction of sp³-hybridized carbons (Fsp3) is 0.429. The van der Waals surface area contributed by atoms with Crippen molar-refractivity contribution in [2.45, 2.75) is 25.6 Å². The standard InChI is InChI=1S/C14H20N2O2S/c1-3-9-16(10-4-2)19(17,18)12-14-7-5-13(11-15)6-8-14/h1,5-8H,4,9-12,15H2,2H3. The van der Waals surface area contributed by atoms with Gasteiger partial charge in [0.25, 0.3) is 0 Å². The number of benzene rings is 1. The highest BCUT2D eigenvalue weighted by molar-refractivity contribution is 7.88. The molecular weight excluding hydrogens is 260 g/mol. The number of rotatable bonds is 7. The molecule has 0 fully saturated rings. The van der Waals surface area contributed by atoms with E-state index in [9.17, 15) is 8.42 Å². The van der Waals surface area contributed by atoms with Crippen LogP contribution in [0, 0.1) is 12.3 Å². The fourth-order valence-electron chi connectivity index (χ4n) is 1.74. The van der Waals surface area contributed by atoms with E-state index in [0.717, 1.165) is 17.5 Å². The molecule has 19 heavy (non-hydrogen) atoms. The van der Waals surface area contributed by atoms with Gasteiger partial charge < -0.3 is 5.73 Å². The molecule has 5 heteroatoms. The molecule has 4 nitrogen and oxygen atoms in total. The molecule has 0 amide bonds. The Bertz CT molecular complexity index is 530. The van der Waals surface area contributed by atoms with Gasteiger partial charge in [-0.3, -0.25) is 0 Å². The van der Waals surface area contributed by atoms with E-state index >= 15 is 0 Å². The van der Waals surface area contributed by atoms with Crippen molar-refractivity contribution in [1.29, 1.82) is 0 Å². The largest absolute Gasteiger partial charge is 0.326 e. The van der Waals surface area contributed by atoms with Gasteiger partial charge in [-0.05, 0) is 17.5 Å². The van der Waals surface area contributed by atoms with Crippen LogP contribution >= 0.6 is 0 Å². The highest BCUT2D eigenvalue weighted by Crippen LogP contribution is 2.12. The molecule has 0 atom stereocenters. The average Bonchev–Trinajstić information content (AvgIpc) is 2.39. The van der Waals surface area contributed by atoms with Crippen LogP contribution in [0.5, 0.6) is 0 Å². The van der Waals surface area contributed by atoms with Crippen molar-refractivity contribution in [2.24, 2.45) is 5.73 Å². The van der Waals surface area contributed by atoms with E-state index in [1.165, 1.54) is 4.31 Å². The number of hydrogen-bond donors (Lipinski definition) is 1. The fourth-order valence-corrected chi connectivity index (χ4v) is 3.27. The Morgan fingerprint density at radius 2 is 1.84 bits per heavy atom. The summed E-state index contributed by atoms with van der Waals surface area (Å²) in [6, 6.07) is 7.27. The van der Waals surface area contributed by atoms with Crippen LogP contribution < -0.4 is 5.73 Å². The number of nitrogens with two attached hydrogens (primary N) is 1. The van der Waals surface area contributed by atoms with E-state index in [2.05, 4.69) is 5.92 Å². The minimum absolute atomic E-state index is 0.0282. The van der Waals surface area contributed by atoms with Crippen molar-refractivity contribution < 1.29 is 8.42 Å². The predicted octanol–water partition coefficient (Wildman–Crippen LogP) is 1.32. The average molecular weight is 280 g/mol. The third-order valence-corrected chi connectivity index (χ3v) is 4.54. The number of sulfonamides is 1. The monoisotopic (exact) mass is 280 g/mol. The molecule has 1 aromatic rings. The first-order chi connectivity index (χ1) is 9.03. The molecule has 0 aliphatic heterocycles. The summed E-state index contributed by atoms with van der Waals surface area (Å²) in [6.07, 6.45) is 5.96. The van der Waals surface area contributed by atoms with Gasteiger partial charge in [-0.2, -0.15) is 4.31 Å². The third-order valence-electron chi connectivity index (χ3n) is 2.74. The molecule has 0 saturated heterocycles. The lowest BCUT2D eigenvalue weighted by Gasteiger charge is -2.19. The van der Waals surface area contributed by atoms with Crippen molar-refractivity contribution in [3.63, 3.8) is 0 Å². The van der Waals surface area contributed by atoms with Crippen molar-refractivity contribution in [1.82, 2.24) is 4.31 Å². The predicted molar refractivity (Wildman–Crippen MR) is 77.7 cm³/mol. The van der Waals surface area contributed by atoms with E-state index in [-0.39, 0.29) is 12.3 Å². The molecule has 2 N–H and O–H groups in total. The molecule has 0 unspecified atom stereocenters. The second kappa shape index (κ2) is 7.29. The van der Waals surface area contributed by atoms with Crippen molar-refractivity contribution in [3.05, 3.63) is 35.4 Å². The Hall–Kier alpha value is -1.35. The van der Waals surface area contributed by atoms with Gasteiger partial charge in [0.2, 0.25) is 10.0 Å². The van der Waals surface area contributed by atoms with Crippen LogP contribution in [0.3, 0.4) is 0 Å². The summed E-state index contributed by atoms with van der Waals surface area (Å²) < 4.78 is 25.8. The van der Waals surface area contributed by atoms with Crippen LogP contribution in [0.4, 0.5) is 0 Å². The van der Waals surface area contributed by atoms with Crippen LogP contribution in [0.2, 0.25) is 0 Å². The van der Waals surface area contributed by atoms with E-state index in [0.29, 0.717) is 13.1 Å². The summed E-state index contributed by atoms with van der Waals surface area (Å²) in [7, 11) is -3.36. The van der Waals surface area contributed by atoms with Crippen LogP contribution in [0.15, 0.2) is 24.3 Å². The Balaban J connectivity index is 2.84. The van der Waals surface area contributed by atoms with Gasteiger partial charge in [-0.25, -0.2) is 8.42 Å². The quantitative estimate of drug-likeness (QED) is 0.766. The minimum Gasteiger partial charge on any atom is -0.326 e. The summed E-state index contributed by atoms with van der Waals surface area (Å²) in [5, 5.41) is 0. The zero-order valence-corrected chi connectivity index (χ0v) is 12.0. The normalized spacial score (nSPS) is 11.5. The molecule has 0 saturated carbocycles. The lowest BCUT2D eigenvalue weighted by Crippen LogP contribution is -2.33. The first-order valence-electron chi connectivity index (χ1n) is 6.22. The van der Waals surface area contributed by atoms with Gasteiger partial charge in [-0.1, -0.05) is 37.1 Å². The molecule has 0 bridgehead atoms. The van der Waals surface area contributed by atoms with Gasteiger partial charge in [0, 0.05) is 13.1 Å². The smallest absolute Gasteiger partial charge is 0.219 e. The molecule has 0 aromatic heterocycles. The number of hydrogen-bond acceptors (Lipinski definition) is 3. The lowest BCUT2D eigenvalue weighted by atomic mass is 10.1. The first-order valence-corrected chi connectivity index (χ1v) is 7.83. The second-order valence-electron chi connectivity index (χ2n) is 4.31. The van der Waals surface area contributed by atoms with E-state index < -0.39 is 10.0 Å². The topological polar surface area (TPSA) is 63.4 Å². The highest BCUT2D eigenvalue weighted by atomic mass is 32.2. The van der Waals surface area contributed by atoms with Crippen LogP contribution in [-0.4, -0.2) is 25.8 Å². The Labute approximate surface area is 115 Å². The Morgan fingerprint density at radius 3 is 2.32 bits per heavy atom. The molecule has 1 rings (SSSR count). The molecule has 0 aliphatic rings. The lowest BCUT2D eigenvalue weighted by molar-refractivity contribution is 0.445. The van der Waals surface area contributed by atoms with Gasteiger partial charge >= 0.3 is 0 Å². The maximum Gasteiger partial charge on any atom is 0.219 e. The zero-order chi connectivity index (χ0) is 14.3. The summed E-state index contributed by atoms with van der Waals surface area (Å²) in [5.74, 6) is 2.36. The van der Waals surface area contributed by atoms with Crippen molar-refractivity contribution >= 4 is 10.0 Å². The van der Waals surface area contributed by atoms with Gasteiger partial charge in [0.15, 0.2) is 0 Å². The van der Waals surface area contributed by atoms with Crippen LogP contribution in [0.25, 0.3) is 0 Å². The van der Waals surface area contributed by atoms with Crippen molar-refractivity contribution in [2.75, 3.05) is 13.1 Å². The molecule has 0 aliphatic carbocycles. The summed E-state index contributed by atoms with van der Waals surface area (Å²) in [6.45, 7) is 2.95. The molecule has 1 aromatic carbocycles.